The third kappa shape index (κ3) is 4.93. The minimum Gasteiger partial charge on any atom is -0.494 e. The molecule has 5 nitrogen and oxygen atoms in total. The first-order valence-corrected chi connectivity index (χ1v) is 11.5. The van der Waals surface area contributed by atoms with Gasteiger partial charge < -0.3 is 4.74 Å². The molecule has 3 aromatic carbocycles. The first-order valence-electron chi connectivity index (χ1n) is 11.5. The number of ether oxygens (including phenoxy) is 1. The Morgan fingerprint density at radius 1 is 1.03 bits per heavy atom. The molecule has 1 saturated heterocycles. The number of nitrogens with zero attached hydrogens (tertiary/aromatic N) is 3. The highest BCUT2D eigenvalue weighted by Crippen LogP contribution is 2.38. The Labute approximate surface area is 201 Å². The highest BCUT2D eigenvalue weighted by molar-refractivity contribution is 6.56. The number of carbonyl (C=O) groups is 1. The summed E-state index contributed by atoms with van der Waals surface area (Å²) in [5.74, 6) is 0.315. The maximum absolute atomic E-state index is 13.4. The number of halogens is 3. The summed E-state index contributed by atoms with van der Waals surface area (Å²) in [4.78, 5) is 21.6. The monoisotopic (exact) mass is 479 g/mol. The zero-order valence-electron chi connectivity index (χ0n) is 19.1. The molecule has 2 atom stereocenters. The lowest BCUT2D eigenvalue weighted by atomic mass is 10.1. The molecule has 0 radical (unpaired) electrons. The van der Waals surface area contributed by atoms with Crippen LogP contribution in [0.2, 0.25) is 0 Å². The first-order chi connectivity index (χ1) is 16.8. The number of hydrogen-bond donors (Lipinski definition) is 0. The van der Waals surface area contributed by atoms with Crippen LogP contribution in [0.1, 0.15) is 24.5 Å². The number of amides is 1. The number of hydrogen-bond acceptors (Lipinski definition) is 4. The molecule has 2 aliphatic heterocycles. The van der Waals surface area contributed by atoms with E-state index in [-0.39, 0.29) is 11.4 Å². The van der Waals surface area contributed by atoms with E-state index in [1.54, 1.807) is 36.4 Å². The maximum atomic E-state index is 13.4. The van der Waals surface area contributed by atoms with Gasteiger partial charge in [-0.1, -0.05) is 24.3 Å². The van der Waals surface area contributed by atoms with Crippen molar-refractivity contribution in [1.82, 2.24) is 4.90 Å². The van der Waals surface area contributed by atoms with Crippen molar-refractivity contribution in [2.45, 2.75) is 25.6 Å². The average Bonchev–Trinajstić information content (AvgIpc) is 3.48. The Morgan fingerprint density at radius 3 is 2.49 bits per heavy atom. The summed E-state index contributed by atoms with van der Waals surface area (Å²) in [7, 11) is 0. The van der Waals surface area contributed by atoms with E-state index in [0.29, 0.717) is 35.3 Å². The van der Waals surface area contributed by atoms with Gasteiger partial charge in [-0.3, -0.25) is 14.6 Å². The SMILES string of the molecule is CC1CN1CCCOc1ccc(N2C(=O)C(=Nc3cccc(C(F)(F)F)c3)c3ccccc32)cc1. The van der Waals surface area contributed by atoms with Gasteiger partial charge in [0.25, 0.3) is 5.91 Å². The first kappa shape index (κ1) is 23.1. The normalized spacial score (nSPS) is 20.3. The van der Waals surface area contributed by atoms with Crippen LogP contribution in [0.4, 0.5) is 30.2 Å². The topological polar surface area (TPSA) is 44.9 Å². The second kappa shape index (κ2) is 9.19. The lowest BCUT2D eigenvalue weighted by Gasteiger charge is -2.17. The molecule has 2 heterocycles. The smallest absolute Gasteiger partial charge is 0.416 e. The molecule has 3 aromatic rings. The van der Waals surface area contributed by atoms with Crippen molar-refractivity contribution in [2.75, 3.05) is 24.6 Å². The van der Waals surface area contributed by atoms with E-state index in [0.717, 1.165) is 31.6 Å². The van der Waals surface area contributed by atoms with Gasteiger partial charge in [0.15, 0.2) is 0 Å². The number of alkyl halides is 3. The summed E-state index contributed by atoms with van der Waals surface area (Å²) in [5, 5.41) is 0. The van der Waals surface area contributed by atoms with E-state index in [4.69, 9.17) is 4.74 Å². The predicted molar refractivity (Wildman–Crippen MR) is 129 cm³/mol. The van der Waals surface area contributed by atoms with Crippen LogP contribution in [0.5, 0.6) is 5.75 Å². The fraction of sp³-hybridized carbons (Fsp3) is 0.259. The van der Waals surface area contributed by atoms with E-state index in [2.05, 4.69) is 16.8 Å². The number of rotatable bonds is 7. The predicted octanol–water partition coefficient (Wildman–Crippen LogP) is 5.98. The largest absolute Gasteiger partial charge is 0.494 e. The second-order valence-electron chi connectivity index (χ2n) is 8.71. The van der Waals surface area contributed by atoms with Crippen LogP contribution in [-0.4, -0.2) is 42.3 Å². The summed E-state index contributed by atoms with van der Waals surface area (Å²) in [6.07, 6.45) is -3.54. The summed E-state index contributed by atoms with van der Waals surface area (Å²) in [6.45, 7) is 4.99. The molecule has 1 amide bonds. The molecule has 2 aliphatic rings. The number of aliphatic imine (C=N–C) groups is 1. The fourth-order valence-electron chi connectivity index (χ4n) is 4.20. The molecule has 2 unspecified atom stereocenters. The van der Waals surface area contributed by atoms with Crippen molar-refractivity contribution < 1.29 is 22.7 Å². The quantitative estimate of drug-likeness (QED) is 0.310. The Kier molecular flexibility index (Phi) is 6.06. The molecule has 0 N–H and O–H groups in total. The van der Waals surface area contributed by atoms with Gasteiger partial charge in [0.1, 0.15) is 11.5 Å². The third-order valence-corrected chi connectivity index (χ3v) is 6.16. The van der Waals surface area contributed by atoms with Crippen LogP contribution in [0, 0.1) is 0 Å². The molecule has 0 spiro atoms. The average molecular weight is 480 g/mol. The van der Waals surface area contributed by atoms with Crippen LogP contribution in [0.25, 0.3) is 0 Å². The van der Waals surface area contributed by atoms with Crippen molar-refractivity contribution in [1.29, 1.82) is 0 Å². The van der Waals surface area contributed by atoms with Crippen LogP contribution in [-0.2, 0) is 11.0 Å². The lowest BCUT2D eigenvalue weighted by molar-refractivity contribution is -0.137. The van der Waals surface area contributed by atoms with Gasteiger partial charge in [0, 0.05) is 30.4 Å². The summed E-state index contributed by atoms with van der Waals surface area (Å²) < 4.78 is 45.2. The van der Waals surface area contributed by atoms with E-state index >= 15 is 0 Å². The minimum absolute atomic E-state index is 0.0699. The van der Waals surface area contributed by atoms with E-state index in [1.165, 1.54) is 17.0 Å². The zero-order chi connectivity index (χ0) is 24.6. The number of fused-ring (bicyclic) bond motifs is 1. The van der Waals surface area contributed by atoms with Gasteiger partial charge in [-0.05, 0) is 61.9 Å². The van der Waals surface area contributed by atoms with Crippen LogP contribution in [0.3, 0.4) is 0 Å². The number of anilines is 2. The zero-order valence-corrected chi connectivity index (χ0v) is 19.1. The molecule has 5 rings (SSSR count). The van der Waals surface area contributed by atoms with Gasteiger partial charge >= 0.3 is 6.18 Å². The van der Waals surface area contributed by atoms with Gasteiger partial charge in [-0.15, -0.1) is 0 Å². The van der Waals surface area contributed by atoms with E-state index < -0.39 is 17.6 Å². The van der Waals surface area contributed by atoms with Gasteiger partial charge in [-0.2, -0.15) is 13.2 Å². The second-order valence-corrected chi connectivity index (χ2v) is 8.71. The standard InChI is InChI=1S/C27H24F3N3O2/c1-18-17-32(18)14-5-15-35-22-12-10-21(11-13-22)33-24-9-3-2-8-23(24)25(26(33)34)31-20-7-4-6-19(16-20)27(28,29)30/h2-4,6-13,16,18H,5,14-15,17H2,1H3. The van der Waals surface area contributed by atoms with E-state index in [1.807, 2.05) is 12.1 Å². The van der Waals surface area contributed by atoms with Crippen molar-refractivity contribution >= 4 is 28.7 Å². The molecule has 0 aliphatic carbocycles. The van der Waals surface area contributed by atoms with E-state index in [9.17, 15) is 18.0 Å². The highest BCUT2D eigenvalue weighted by Gasteiger charge is 2.35. The molecule has 180 valence electrons. The van der Waals surface area contributed by atoms with Crippen molar-refractivity contribution in [3.63, 3.8) is 0 Å². The summed E-state index contributed by atoms with van der Waals surface area (Å²) in [5.41, 5.74) is 1.19. The Hall–Kier alpha value is -3.65. The van der Waals surface area contributed by atoms with Crippen LogP contribution in [0.15, 0.2) is 77.8 Å². The van der Waals surface area contributed by atoms with Crippen molar-refractivity contribution in [3.8, 4) is 5.75 Å². The number of benzene rings is 3. The molecular weight excluding hydrogens is 455 g/mol. The molecular formula is C27H24F3N3O2. The lowest BCUT2D eigenvalue weighted by Crippen LogP contribution is -2.25. The summed E-state index contributed by atoms with van der Waals surface area (Å²) >= 11 is 0. The van der Waals surface area contributed by atoms with Crippen LogP contribution < -0.4 is 9.64 Å². The molecule has 1 fully saturated rings. The Balaban J connectivity index is 1.36. The summed E-state index contributed by atoms with van der Waals surface area (Å²) in [6, 6.07) is 19.7. The van der Waals surface area contributed by atoms with Gasteiger partial charge in [0.05, 0.1) is 23.5 Å². The third-order valence-electron chi connectivity index (χ3n) is 6.16. The molecule has 0 aromatic heterocycles. The van der Waals surface area contributed by atoms with Crippen molar-refractivity contribution in [3.05, 3.63) is 83.9 Å². The van der Waals surface area contributed by atoms with Gasteiger partial charge in [-0.25, -0.2) is 4.99 Å². The Bertz CT molecular complexity index is 1270. The number of carbonyl (C=O) groups excluding carboxylic acids is 1. The number of para-hydroxylation sites is 1. The highest BCUT2D eigenvalue weighted by atomic mass is 19.4. The Morgan fingerprint density at radius 2 is 1.77 bits per heavy atom. The molecule has 8 heteroatoms. The van der Waals surface area contributed by atoms with Crippen molar-refractivity contribution in [2.24, 2.45) is 4.99 Å². The molecule has 0 saturated carbocycles. The molecule has 0 bridgehead atoms. The van der Waals surface area contributed by atoms with Gasteiger partial charge in [0.2, 0.25) is 0 Å². The molecule has 35 heavy (non-hydrogen) atoms. The van der Waals surface area contributed by atoms with Crippen LogP contribution >= 0.6 is 0 Å². The minimum atomic E-state index is -4.49. The fourth-order valence-corrected chi connectivity index (χ4v) is 4.20. The maximum Gasteiger partial charge on any atom is 0.416 e.